The van der Waals surface area contributed by atoms with E-state index < -0.39 is 28.8 Å². The molecule has 2 aliphatic heterocycles. The van der Waals surface area contributed by atoms with Crippen LogP contribution in [0.15, 0.2) is 81.2 Å². The molecule has 0 unspecified atom stereocenters. The first-order chi connectivity index (χ1) is 31.4. The first-order valence-electron chi connectivity index (χ1n) is 22.4. The van der Waals surface area contributed by atoms with Crippen molar-refractivity contribution in [1.82, 2.24) is 48.3 Å². The highest BCUT2D eigenvalue weighted by Crippen LogP contribution is 2.56. The summed E-state index contributed by atoms with van der Waals surface area (Å²) in [6.07, 6.45) is 9.36. The molecular formula is C48H46F2N10O5. The van der Waals surface area contributed by atoms with Gasteiger partial charge >= 0.3 is 11.4 Å². The van der Waals surface area contributed by atoms with Gasteiger partial charge in [0.05, 0.1) is 46.3 Å². The first kappa shape index (κ1) is 39.7. The Morgan fingerprint density at radius 3 is 2.35 bits per heavy atom. The normalized spacial score (nSPS) is 21.2. The Bertz CT molecular complexity index is 3370. The van der Waals surface area contributed by atoms with Gasteiger partial charge in [-0.1, -0.05) is 18.1 Å². The number of nitrogens with zero attached hydrogens (tertiary/aromatic N) is 9. The highest BCUT2D eigenvalue weighted by atomic mass is 19.1. The van der Waals surface area contributed by atoms with Crippen LogP contribution in [-0.4, -0.2) is 74.0 Å². The smallest absolute Gasteiger partial charge is 0.381 e. The summed E-state index contributed by atoms with van der Waals surface area (Å²) < 4.78 is 50.4. The molecule has 1 N–H and O–H groups in total. The Kier molecular flexibility index (Phi) is 8.74. The maximum atomic E-state index is 16.4. The van der Waals surface area contributed by atoms with Crippen molar-refractivity contribution in [3.05, 3.63) is 139 Å². The number of hydrogen-bond donors (Lipinski definition) is 1. The fraction of sp³-hybridized carbons (Fsp3) is 0.375. The lowest BCUT2D eigenvalue weighted by Gasteiger charge is -2.34. The van der Waals surface area contributed by atoms with Crippen LogP contribution in [0.2, 0.25) is 0 Å². The number of benzene rings is 3. The highest BCUT2D eigenvalue weighted by Gasteiger charge is 2.59. The first-order valence-corrected chi connectivity index (χ1v) is 22.4. The number of H-pyrrole nitrogens is 1. The highest BCUT2D eigenvalue weighted by molar-refractivity contribution is 6.00. The molecule has 12 rings (SSSR count). The Hall–Kier alpha value is -6.88. The van der Waals surface area contributed by atoms with Gasteiger partial charge in [0.1, 0.15) is 22.9 Å². The van der Waals surface area contributed by atoms with Crippen LogP contribution in [0.3, 0.4) is 0 Å². The standard InChI is InChI=1S/C48H46F2N10O5/c1-25-19-33(20-26(2)41(25)49)60-43(57-16-15-56(47(57)63)38-10-9-37-34(42(38)50)24-51-59(37)32-6-7-32)40-28(4)55(14-11-35(40)53-60)44(61)39-22-31-21-30(29-12-17-64-18-13-29)5-8-36(31)58(39)48(23-27(48)3)45-52-46(62)65-54-45/h5,8-10,15-16,19-22,24,27-29,32H,6-7,11-14,17-18,23H2,1-4H3,(H,52,54,62)/t27-,28-,48-/m0/s1. The van der Waals surface area contributed by atoms with Gasteiger partial charge in [0, 0.05) is 55.0 Å². The molecular weight excluding hydrogens is 835 g/mol. The van der Waals surface area contributed by atoms with Crippen molar-refractivity contribution in [3.8, 4) is 17.2 Å². The number of aryl methyl sites for hydroxylation is 2. The molecule has 4 aliphatic rings. The predicted octanol–water partition coefficient (Wildman–Crippen LogP) is 7.46. The van der Waals surface area contributed by atoms with E-state index in [1.54, 1.807) is 53.9 Å². The van der Waals surface area contributed by atoms with E-state index in [9.17, 15) is 9.59 Å². The van der Waals surface area contributed by atoms with Crippen molar-refractivity contribution in [2.45, 2.75) is 89.8 Å². The van der Waals surface area contributed by atoms with Crippen LogP contribution in [-0.2, 0) is 16.7 Å². The molecule has 0 spiro atoms. The summed E-state index contributed by atoms with van der Waals surface area (Å²) in [7, 11) is 0. The maximum Gasteiger partial charge on any atom is 0.438 e. The molecule has 1 saturated heterocycles. The number of carbonyl (C=O) groups excluding carboxylic acids is 1. The van der Waals surface area contributed by atoms with Crippen LogP contribution in [0.25, 0.3) is 39.0 Å². The van der Waals surface area contributed by atoms with Gasteiger partial charge in [-0.2, -0.15) is 10.2 Å². The second kappa shape index (κ2) is 14.3. The average Bonchev–Trinajstić information content (AvgIpc) is 3.83. The number of carbonyl (C=O) groups is 1. The predicted molar refractivity (Wildman–Crippen MR) is 235 cm³/mol. The molecule has 332 valence electrons. The topological polar surface area (TPSA) is 156 Å². The van der Waals surface area contributed by atoms with E-state index in [2.05, 4.69) is 40.4 Å². The molecule has 0 radical (unpaired) electrons. The lowest BCUT2D eigenvalue weighted by Crippen LogP contribution is -2.41. The van der Waals surface area contributed by atoms with Crippen LogP contribution in [0.5, 0.6) is 0 Å². The van der Waals surface area contributed by atoms with Gasteiger partial charge in [0.25, 0.3) is 5.91 Å². The van der Waals surface area contributed by atoms with Crippen LogP contribution in [0.1, 0.15) is 108 Å². The summed E-state index contributed by atoms with van der Waals surface area (Å²) in [5.74, 6) is -0.786. The molecule has 15 nitrogen and oxygen atoms in total. The zero-order valence-electron chi connectivity index (χ0n) is 36.3. The summed E-state index contributed by atoms with van der Waals surface area (Å²) in [4.78, 5) is 47.3. The van der Waals surface area contributed by atoms with E-state index in [1.165, 1.54) is 27.1 Å². The summed E-state index contributed by atoms with van der Waals surface area (Å²) in [6.45, 7) is 9.03. The van der Waals surface area contributed by atoms with E-state index in [0.717, 1.165) is 36.6 Å². The third-order valence-electron chi connectivity index (χ3n) is 14.5. The minimum absolute atomic E-state index is 0.00856. The molecule has 1 amide bonds. The van der Waals surface area contributed by atoms with Gasteiger partial charge in [-0.15, -0.1) is 0 Å². The van der Waals surface area contributed by atoms with E-state index in [0.29, 0.717) is 94.8 Å². The molecule has 2 saturated carbocycles. The Balaban J connectivity index is 0.998. The minimum atomic E-state index is -0.845. The van der Waals surface area contributed by atoms with Crippen molar-refractivity contribution >= 4 is 27.7 Å². The van der Waals surface area contributed by atoms with Gasteiger partial charge in [-0.05, 0) is 124 Å². The molecule has 3 atom stereocenters. The third kappa shape index (κ3) is 5.93. The number of imidazole rings is 1. The number of ether oxygens (including phenoxy) is 1. The zero-order valence-corrected chi connectivity index (χ0v) is 36.3. The summed E-state index contributed by atoms with van der Waals surface area (Å²) in [5.41, 5.74) is 4.40. The molecule has 8 aromatic rings. The Morgan fingerprint density at radius 2 is 1.65 bits per heavy atom. The quantitative estimate of drug-likeness (QED) is 0.165. The number of aromatic nitrogens is 9. The number of halogens is 2. The number of rotatable bonds is 8. The van der Waals surface area contributed by atoms with Gasteiger partial charge in [-0.25, -0.2) is 23.1 Å². The van der Waals surface area contributed by atoms with Gasteiger partial charge in [0.15, 0.2) is 11.6 Å². The largest absolute Gasteiger partial charge is 0.438 e. The summed E-state index contributed by atoms with van der Waals surface area (Å²) in [6, 6.07) is 14.7. The Morgan fingerprint density at radius 1 is 0.908 bits per heavy atom. The summed E-state index contributed by atoms with van der Waals surface area (Å²) in [5, 5.41) is 14.9. The van der Waals surface area contributed by atoms with Gasteiger partial charge < -0.3 is 14.2 Å². The number of nitrogens with one attached hydrogen (secondary N) is 1. The number of hydrogen-bond acceptors (Lipinski definition) is 8. The molecule has 0 bridgehead atoms. The molecule has 65 heavy (non-hydrogen) atoms. The fourth-order valence-electron chi connectivity index (χ4n) is 10.8. The summed E-state index contributed by atoms with van der Waals surface area (Å²) >= 11 is 0. The second-order valence-electron chi connectivity index (χ2n) is 18.4. The minimum Gasteiger partial charge on any atom is -0.381 e. The lowest BCUT2D eigenvalue weighted by molar-refractivity contribution is 0.0663. The number of fused-ring (bicyclic) bond motifs is 3. The third-order valence-corrected chi connectivity index (χ3v) is 14.5. The number of amides is 1. The van der Waals surface area contributed by atoms with Crippen molar-refractivity contribution in [2.75, 3.05) is 19.8 Å². The fourth-order valence-corrected chi connectivity index (χ4v) is 10.8. The molecule has 2 aliphatic carbocycles. The van der Waals surface area contributed by atoms with E-state index >= 15 is 13.6 Å². The Labute approximate surface area is 369 Å². The van der Waals surface area contributed by atoms with Crippen molar-refractivity contribution in [1.29, 1.82) is 0 Å². The second-order valence-corrected chi connectivity index (χ2v) is 18.4. The van der Waals surface area contributed by atoms with Crippen molar-refractivity contribution in [2.24, 2.45) is 5.92 Å². The maximum absolute atomic E-state index is 16.4. The van der Waals surface area contributed by atoms with Crippen molar-refractivity contribution in [3.63, 3.8) is 0 Å². The van der Waals surface area contributed by atoms with Crippen LogP contribution >= 0.6 is 0 Å². The van der Waals surface area contributed by atoms with Crippen LogP contribution in [0, 0.1) is 31.4 Å². The monoisotopic (exact) mass is 880 g/mol. The SMILES string of the molecule is Cc1cc(-n2nc3c(c2-n2ccn(-c4ccc5c(cnn5C5CC5)c4F)c2=O)[C@H](C)N(C(=O)c2cc4cc(C5CCOCC5)ccc4n2[C@@]2(c4noc(=O)[nH]4)C[C@@H]2C)CC3)cc(C)c1F. The van der Waals surface area contributed by atoms with Gasteiger partial charge in [0.2, 0.25) is 0 Å². The zero-order chi connectivity index (χ0) is 44.6. The molecule has 3 aromatic carbocycles. The molecule has 5 aromatic heterocycles. The average molecular weight is 881 g/mol. The van der Waals surface area contributed by atoms with E-state index in [4.69, 9.17) is 14.4 Å². The molecule has 3 fully saturated rings. The van der Waals surface area contributed by atoms with E-state index in [-0.39, 0.29) is 29.4 Å². The molecule has 7 heterocycles. The van der Waals surface area contributed by atoms with E-state index in [1.807, 2.05) is 22.2 Å². The van der Waals surface area contributed by atoms with Gasteiger partial charge in [-0.3, -0.25) is 28.1 Å². The lowest BCUT2D eigenvalue weighted by atomic mass is 9.91. The molecule has 17 heteroatoms. The van der Waals surface area contributed by atoms with Crippen LogP contribution in [0.4, 0.5) is 8.78 Å². The number of aromatic amines is 1. The van der Waals surface area contributed by atoms with Crippen LogP contribution < -0.4 is 11.4 Å². The van der Waals surface area contributed by atoms with Crippen molar-refractivity contribution < 1.29 is 22.8 Å².